The Morgan fingerprint density at radius 2 is 1.37 bits per heavy atom. The molecule has 0 aliphatic carbocycles. The van der Waals surface area contributed by atoms with Crippen LogP contribution in [-0.2, 0) is 19.4 Å². The molecule has 2 rings (SSSR count). The van der Waals surface area contributed by atoms with Gasteiger partial charge in [-0.25, -0.2) is 12.8 Å². The van der Waals surface area contributed by atoms with Crippen LogP contribution in [0.3, 0.4) is 0 Å². The number of anilines is 2. The van der Waals surface area contributed by atoms with Gasteiger partial charge in [-0.2, -0.15) is 0 Å². The highest BCUT2D eigenvalue weighted by Gasteiger charge is 2.22. The topological polar surface area (TPSA) is 92.3 Å². The van der Waals surface area contributed by atoms with Crippen molar-refractivity contribution in [2.75, 3.05) is 22.1 Å². The molecule has 0 saturated heterocycles. The molecule has 6 nitrogen and oxygen atoms in total. The first-order valence-electron chi connectivity index (χ1n) is 7.26. The Bertz CT molecular complexity index is 959. The van der Waals surface area contributed by atoms with Crippen LogP contribution in [0, 0.1) is 5.82 Å². The van der Waals surface area contributed by atoms with Gasteiger partial charge < -0.3 is 10.6 Å². The van der Waals surface area contributed by atoms with Crippen LogP contribution in [0.25, 0.3) is 0 Å². The van der Waals surface area contributed by atoms with E-state index in [1.807, 2.05) is 0 Å². The van der Waals surface area contributed by atoms with Crippen molar-refractivity contribution < 1.29 is 22.4 Å². The Morgan fingerprint density at radius 3 is 1.89 bits per heavy atom. The first-order valence-corrected chi connectivity index (χ1v) is 10.2. The highest BCUT2D eigenvalue weighted by Crippen LogP contribution is 2.33. The monoisotopic (exact) mass is 452 g/mol. The summed E-state index contributed by atoms with van der Waals surface area (Å²) in [5, 5.41) is 4.89. The van der Waals surface area contributed by atoms with Gasteiger partial charge in [-0.3, -0.25) is 9.59 Å². The van der Waals surface area contributed by atoms with Crippen LogP contribution in [-0.4, -0.2) is 31.7 Å². The number of halogens is 4. The minimum atomic E-state index is -4.07. The predicted molar refractivity (Wildman–Crippen MR) is 104 cm³/mol. The molecule has 2 aromatic carbocycles. The van der Waals surface area contributed by atoms with E-state index in [-0.39, 0.29) is 26.4 Å². The summed E-state index contributed by atoms with van der Waals surface area (Å²) in [6.07, 6.45) is 0. The van der Waals surface area contributed by atoms with Gasteiger partial charge in [-0.15, -0.1) is 0 Å². The second-order valence-electron chi connectivity index (χ2n) is 5.38. The molecule has 2 amide bonds. The minimum Gasteiger partial charge on any atom is -0.325 e. The molecule has 0 radical (unpaired) electrons. The van der Waals surface area contributed by atoms with E-state index in [1.54, 1.807) is 0 Å². The van der Waals surface area contributed by atoms with Crippen LogP contribution in [0.2, 0.25) is 15.1 Å². The number of nitrogens with one attached hydrogen (secondary N) is 2. The summed E-state index contributed by atoms with van der Waals surface area (Å²) in [6, 6.07) is 7.42. The average molecular weight is 454 g/mol. The molecule has 0 bridgehead atoms. The van der Waals surface area contributed by atoms with E-state index in [0.717, 1.165) is 12.1 Å². The van der Waals surface area contributed by atoms with Crippen LogP contribution in [0.15, 0.2) is 36.4 Å². The molecule has 0 fully saturated rings. The zero-order valence-corrected chi connectivity index (χ0v) is 16.5. The maximum absolute atomic E-state index is 12.8. The third-order valence-corrected chi connectivity index (χ3v) is 5.32. The standard InChI is InChI=1S/C16H12Cl3FN2O4S/c17-9-5-12(18)16(13(19)6-9)22-15(24)8-27(25,26)7-14(23)21-11-3-1-10(20)2-4-11/h1-6H,7-8H2,(H,21,23)(H,22,24). The van der Waals surface area contributed by atoms with Crippen molar-refractivity contribution >= 4 is 67.8 Å². The second-order valence-corrected chi connectivity index (χ2v) is 8.70. The molecule has 0 aliphatic heterocycles. The molecule has 0 aromatic heterocycles. The van der Waals surface area contributed by atoms with Crippen molar-refractivity contribution in [3.8, 4) is 0 Å². The van der Waals surface area contributed by atoms with E-state index in [1.165, 1.54) is 24.3 Å². The van der Waals surface area contributed by atoms with Crippen molar-refractivity contribution in [1.82, 2.24) is 0 Å². The Morgan fingerprint density at radius 1 is 0.889 bits per heavy atom. The summed E-state index contributed by atoms with van der Waals surface area (Å²) < 4.78 is 36.9. The van der Waals surface area contributed by atoms with Gasteiger partial charge in [0.2, 0.25) is 11.8 Å². The van der Waals surface area contributed by atoms with Crippen molar-refractivity contribution in [3.05, 3.63) is 57.3 Å². The summed E-state index contributed by atoms with van der Waals surface area (Å²) in [5.74, 6) is -4.18. The lowest BCUT2D eigenvalue weighted by Gasteiger charge is -2.10. The molecule has 144 valence electrons. The van der Waals surface area contributed by atoms with Gasteiger partial charge in [0.15, 0.2) is 9.84 Å². The SMILES string of the molecule is O=C(CS(=O)(=O)CC(=O)Nc1c(Cl)cc(Cl)cc1Cl)Nc1ccc(F)cc1. The van der Waals surface area contributed by atoms with Crippen LogP contribution in [0.5, 0.6) is 0 Å². The van der Waals surface area contributed by atoms with Gasteiger partial charge >= 0.3 is 0 Å². The lowest BCUT2D eigenvalue weighted by Crippen LogP contribution is -2.30. The van der Waals surface area contributed by atoms with Crippen molar-refractivity contribution in [2.24, 2.45) is 0 Å². The number of rotatable bonds is 6. The zero-order chi connectivity index (χ0) is 20.2. The fourth-order valence-corrected chi connectivity index (χ4v) is 3.97. The number of benzene rings is 2. The number of hydrogen-bond donors (Lipinski definition) is 2. The van der Waals surface area contributed by atoms with Crippen LogP contribution in [0.4, 0.5) is 15.8 Å². The summed E-state index contributed by atoms with van der Waals surface area (Å²) >= 11 is 17.6. The smallest absolute Gasteiger partial charge is 0.239 e. The van der Waals surface area contributed by atoms with Gasteiger partial charge in [0.05, 0.1) is 15.7 Å². The van der Waals surface area contributed by atoms with Crippen molar-refractivity contribution in [1.29, 1.82) is 0 Å². The molecular weight excluding hydrogens is 442 g/mol. The maximum Gasteiger partial charge on any atom is 0.239 e. The highest BCUT2D eigenvalue weighted by molar-refractivity contribution is 7.92. The molecule has 0 heterocycles. The molecule has 0 atom stereocenters. The molecule has 11 heteroatoms. The van der Waals surface area contributed by atoms with E-state index in [0.29, 0.717) is 0 Å². The molecule has 0 aliphatic rings. The lowest BCUT2D eigenvalue weighted by atomic mass is 10.3. The maximum atomic E-state index is 12.8. The summed E-state index contributed by atoms with van der Waals surface area (Å²) in [5.41, 5.74) is 0.236. The van der Waals surface area contributed by atoms with E-state index < -0.39 is 39.0 Å². The van der Waals surface area contributed by atoms with Crippen LogP contribution >= 0.6 is 34.8 Å². The minimum absolute atomic E-state index is 0.0127. The van der Waals surface area contributed by atoms with Crippen LogP contribution < -0.4 is 10.6 Å². The third kappa shape index (κ3) is 6.66. The average Bonchev–Trinajstić information content (AvgIpc) is 2.52. The van der Waals surface area contributed by atoms with Gasteiger partial charge in [-0.1, -0.05) is 34.8 Å². The van der Waals surface area contributed by atoms with Crippen LogP contribution in [0.1, 0.15) is 0 Å². The fourth-order valence-electron chi connectivity index (χ4n) is 2.02. The second kappa shape index (κ2) is 8.88. The normalized spacial score (nSPS) is 11.1. The first-order chi connectivity index (χ1) is 12.6. The fraction of sp³-hybridized carbons (Fsp3) is 0.125. The highest BCUT2D eigenvalue weighted by atomic mass is 35.5. The molecule has 0 unspecified atom stereocenters. The molecule has 2 N–H and O–H groups in total. The lowest BCUT2D eigenvalue weighted by molar-refractivity contribution is -0.114. The quantitative estimate of drug-likeness (QED) is 0.696. The van der Waals surface area contributed by atoms with E-state index in [4.69, 9.17) is 34.8 Å². The summed E-state index contributed by atoms with van der Waals surface area (Å²) in [4.78, 5) is 23.8. The van der Waals surface area contributed by atoms with E-state index >= 15 is 0 Å². The van der Waals surface area contributed by atoms with Gasteiger partial charge in [0, 0.05) is 10.7 Å². The number of carbonyl (C=O) groups excluding carboxylic acids is 2. The molecule has 0 saturated carbocycles. The predicted octanol–water partition coefficient (Wildman–Crippen LogP) is 3.78. The van der Waals surface area contributed by atoms with Gasteiger partial charge in [0.25, 0.3) is 0 Å². The molecule has 27 heavy (non-hydrogen) atoms. The number of amides is 2. The molecule has 2 aromatic rings. The number of sulfone groups is 1. The summed E-state index contributed by atoms with van der Waals surface area (Å²) in [7, 11) is -4.07. The Labute approximate surface area is 169 Å². The molecular formula is C16H12Cl3FN2O4S. The Balaban J connectivity index is 1.98. The zero-order valence-electron chi connectivity index (χ0n) is 13.4. The number of carbonyl (C=O) groups is 2. The number of hydrogen-bond acceptors (Lipinski definition) is 4. The van der Waals surface area contributed by atoms with Gasteiger partial charge in [0.1, 0.15) is 17.3 Å². The largest absolute Gasteiger partial charge is 0.325 e. The van der Waals surface area contributed by atoms with Gasteiger partial charge in [-0.05, 0) is 36.4 Å². The third-order valence-electron chi connectivity index (χ3n) is 3.10. The first kappa shape index (κ1) is 21.4. The summed E-state index contributed by atoms with van der Waals surface area (Å²) in [6.45, 7) is 0. The van der Waals surface area contributed by atoms with Crippen molar-refractivity contribution in [3.63, 3.8) is 0 Å². The Hall–Kier alpha value is -1.87. The van der Waals surface area contributed by atoms with E-state index in [9.17, 15) is 22.4 Å². The van der Waals surface area contributed by atoms with Crippen molar-refractivity contribution in [2.45, 2.75) is 0 Å². The Kier molecular flexibility index (Phi) is 7.05. The molecule has 0 spiro atoms. The van der Waals surface area contributed by atoms with E-state index in [2.05, 4.69) is 10.6 Å².